The lowest BCUT2D eigenvalue weighted by Crippen LogP contribution is -2.41. The molecule has 1 aliphatic heterocycles. The minimum Gasteiger partial charge on any atom is -0.493 e. The number of fused-ring (bicyclic) bond motifs is 1. The third-order valence-corrected chi connectivity index (χ3v) is 9.16. The molecule has 0 unspecified atom stereocenters. The number of nitrogens with zero attached hydrogens (tertiary/aromatic N) is 2. The summed E-state index contributed by atoms with van der Waals surface area (Å²) in [6.45, 7) is 4.89. The molecule has 2 aliphatic rings. The van der Waals surface area contributed by atoms with Crippen molar-refractivity contribution < 1.29 is 28.2 Å². The van der Waals surface area contributed by atoms with Crippen LogP contribution in [0.15, 0.2) is 54.6 Å². The molecule has 246 valence electrons. The van der Waals surface area contributed by atoms with E-state index in [2.05, 4.69) is 10.2 Å². The first-order chi connectivity index (χ1) is 22.1. The quantitative estimate of drug-likeness (QED) is 0.231. The third-order valence-electron chi connectivity index (χ3n) is 8.91. The number of halogens is 2. The molecular weight excluding hydrogens is 609 g/mol. The molecule has 10 heteroatoms. The predicted octanol–water partition coefficient (Wildman–Crippen LogP) is 6.71. The molecule has 0 saturated heterocycles. The van der Waals surface area contributed by atoms with Gasteiger partial charge in [0, 0.05) is 30.3 Å². The lowest BCUT2D eigenvalue weighted by Gasteiger charge is -2.38. The lowest BCUT2D eigenvalue weighted by molar-refractivity contribution is -0.139. The van der Waals surface area contributed by atoms with Crippen molar-refractivity contribution in [2.45, 2.75) is 64.1 Å². The number of methoxy groups -OCH3 is 2. The van der Waals surface area contributed by atoms with Crippen LogP contribution in [0, 0.1) is 11.7 Å². The van der Waals surface area contributed by atoms with Gasteiger partial charge in [0.1, 0.15) is 5.82 Å². The van der Waals surface area contributed by atoms with Crippen LogP contribution in [0.3, 0.4) is 0 Å². The van der Waals surface area contributed by atoms with Crippen LogP contribution in [0.1, 0.15) is 62.3 Å². The molecule has 3 aromatic rings. The van der Waals surface area contributed by atoms with Gasteiger partial charge in [0.05, 0.1) is 45.0 Å². The van der Waals surface area contributed by atoms with E-state index in [9.17, 15) is 9.59 Å². The van der Waals surface area contributed by atoms with E-state index in [0.29, 0.717) is 28.5 Å². The first kappa shape index (κ1) is 33.5. The molecule has 0 aromatic heterocycles. The fraction of sp³-hybridized carbons (Fsp3) is 0.444. The summed E-state index contributed by atoms with van der Waals surface area (Å²) in [6.07, 6.45) is 3.98. The Kier molecular flexibility index (Phi) is 10.7. The Balaban J connectivity index is 1.39. The fourth-order valence-corrected chi connectivity index (χ4v) is 6.71. The van der Waals surface area contributed by atoms with Crippen LogP contribution in [0.2, 0.25) is 5.02 Å². The third kappa shape index (κ3) is 7.58. The highest BCUT2D eigenvalue weighted by atomic mass is 35.5. The maximum atomic E-state index is 16.1. The van der Waals surface area contributed by atoms with Crippen molar-refractivity contribution in [2.75, 3.05) is 44.2 Å². The van der Waals surface area contributed by atoms with E-state index in [4.69, 9.17) is 25.8 Å². The molecule has 1 aliphatic carbocycles. The summed E-state index contributed by atoms with van der Waals surface area (Å²) in [5, 5.41) is 3.85. The van der Waals surface area contributed by atoms with Gasteiger partial charge in [-0.3, -0.25) is 14.5 Å². The fourth-order valence-electron chi connectivity index (χ4n) is 6.58. The van der Waals surface area contributed by atoms with Gasteiger partial charge < -0.3 is 24.4 Å². The van der Waals surface area contributed by atoms with Crippen molar-refractivity contribution >= 4 is 34.9 Å². The second-order valence-electron chi connectivity index (χ2n) is 12.5. The van der Waals surface area contributed by atoms with Crippen LogP contribution in [-0.2, 0) is 20.7 Å². The summed E-state index contributed by atoms with van der Waals surface area (Å²) in [6, 6.07) is 15.9. The summed E-state index contributed by atoms with van der Waals surface area (Å²) < 4.78 is 32.6. The molecule has 1 saturated carbocycles. The number of hydrogen-bond donors (Lipinski definition) is 1. The molecule has 8 nitrogen and oxygen atoms in total. The molecule has 3 aromatic carbocycles. The molecule has 5 rings (SSSR count). The number of benzene rings is 3. The standard InChI is InChI=1S/C36H43ClFN3O5/c1-22(2)46-33-19-29-25(16-32(33)44-4)17-34(42)41(36(29)24-8-10-26(37)11-9-24)31-15-14-28(18-30(31)38)40(3)21-23-6-12-27(13-7-23)39-20-35(43)45-5/h8-11,14-16,18-19,22-23,27,36,39H,6-7,12-13,17,20-21H2,1-5H3/t23-,27+,36-/m0/s1. The number of hydrogen-bond acceptors (Lipinski definition) is 7. The van der Waals surface area contributed by atoms with E-state index in [1.165, 1.54) is 13.2 Å². The van der Waals surface area contributed by atoms with Crippen LogP contribution < -0.4 is 24.6 Å². The number of ether oxygens (including phenoxy) is 3. The SMILES string of the molecule is COC(=O)CN[C@H]1CC[C@@H](CN(C)c2ccc(N3C(=O)Cc4cc(OC)c(OC(C)C)cc4[C@@H]3c3ccc(Cl)cc3)c(F)c2)CC1. The number of amides is 1. The normalized spacial score (nSPS) is 19.5. The smallest absolute Gasteiger partial charge is 0.319 e. The van der Waals surface area contributed by atoms with Crippen molar-refractivity contribution in [3.05, 3.63) is 82.1 Å². The molecular formula is C36H43ClFN3O5. The van der Waals surface area contributed by atoms with Gasteiger partial charge in [-0.1, -0.05) is 23.7 Å². The number of rotatable bonds is 11. The number of esters is 1. The van der Waals surface area contributed by atoms with Gasteiger partial charge in [0.25, 0.3) is 0 Å². The highest BCUT2D eigenvalue weighted by molar-refractivity contribution is 6.30. The van der Waals surface area contributed by atoms with E-state index in [0.717, 1.165) is 54.6 Å². The van der Waals surface area contributed by atoms with Crippen molar-refractivity contribution in [1.82, 2.24) is 5.32 Å². The van der Waals surface area contributed by atoms with Gasteiger partial charge >= 0.3 is 5.97 Å². The maximum Gasteiger partial charge on any atom is 0.319 e. The Hall–Kier alpha value is -3.82. The van der Waals surface area contributed by atoms with Crippen LogP contribution in [0.5, 0.6) is 11.5 Å². The van der Waals surface area contributed by atoms with Gasteiger partial charge in [-0.15, -0.1) is 0 Å². The molecule has 0 radical (unpaired) electrons. The minimum absolute atomic E-state index is 0.0933. The first-order valence-corrected chi connectivity index (χ1v) is 16.2. The second kappa shape index (κ2) is 14.7. The van der Waals surface area contributed by atoms with E-state index in [-0.39, 0.29) is 36.6 Å². The molecule has 46 heavy (non-hydrogen) atoms. The van der Waals surface area contributed by atoms with Crippen molar-refractivity contribution in [1.29, 1.82) is 0 Å². The molecule has 1 fully saturated rings. The molecule has 1 N–H and O–H groups in total. The van der Waals surface area contributed by atoms with Gasteiger partial charge in [0.15, 0.2) is 11.5 Å². The van der Waals surface area contributed by atoms with Crippen molar-refractivity contribution in [2.24, 2.45) is 5.92 Å². The van der Waals surface area contributed by atoms with Gasteiger partial charge in [-0.2, -0.15) is 0 Å². The zero-order valence-corrected chi connectivity index (χ0v) is 27.9. The summed E-state index contributed by atoms with van der Waals surface area (Å²) in [5.74, 6) is 0.626. The number of carbonyl (C=O) groups is 2. The Morgan fingerprint density at radius 2 is 1.76 bits per heavy atom. The van der Waals surface area contributed by atoms with Crippen molar-refractivity contribution in [3.63, 3.8) is 0 Å². The average Bonchev–Trinajstić information content (AvgIpc) is 3.04. The minimum atomic E-state index is -0.602. The van der Waals surface area contributed by atoms with E-state index in [1.54, 1.807) is 30.2 Å². The Morgan fingerprint density at radius 3 is 2.39 bits per heavy atom. The van der Waals surface area contributed by atoms with Gasteiger partial charge in [-0.05, 0) is 105 Å². The van der Waals surface area contributed by atoms with E-state index in [1.807, 2.05) is 51.2 Å². The average molecular weight is 652 g/mol. The Labute approximate surface area is 275 Å². The first-order valence-electron chi connectivity index (χ1n) is 15.8. The van der Waals surface area contributed by atoms with Gasteiger partial charge in [0.2, 0.25) is 5.91 Å². The van der Waals surface area contributed by atoms with E-state index >= 15 is 4.39 Å². The molecule has 1 atom stereocenters. The summed E-state index contributed by atoms with van der Waals surface area (Å²) >= 11 is 6.23. The highest BCUT2D eigenvalue weighted by Gasteiger charge is 2.37. The number of carbonyl (C=O) groups excluding carboxylic acids is 2. The summed E-state index contributed by atoms with van der Waals surface area (Å²) in [5.41, 5.74) is 3.41. The lowest BCUT2D eigenvalue weighted by atomic mass is 9.85. The second-order valence-corrected chi connectivity index (χ2v) is 12.9. The van der Waals surface area contributed by atoms with Gasteiger partial charge in [-0.25, -0.2) is 4.39 Å². The van der Waals surface area contributed by atoms with Crippen LogP contribution >= 0.6 is 11.6 Å². The topological polar surface area (TPSA) is 80.3 Å². The van der Waals surface area contributed by atoms with Crippen LogP contribution in [-0.4, -0.2) is 58.4 Å². The monoisotopic (exact) mass is 651 g/mol. The highest BCUT2D eigenvalue weighted by Crippen LogP contribution is 2.44. The predicted molar refractivity (Wildman–Crippen MR) is 179 cm³/mol. The maximum absolute atomic E-state index is 16.1. The zero-order chi connectivity index (χ0) is 33.0. The molecule has 0 bridgehead atoms. The number of nitrogens with one attached hydrogen (secondary N) is 1. The Bertz CT molecular complexity index is 1540. The Morgan fingerprint density at radius 1 is 1.04 bits per heavy atom. The molecule has 1 amide bonds. The number of anilines is 2. The molecule has 0 spiro atoms. The summed E-state index contributed by atoms with van der Waals surface area (Å²) in [4.78, 5) is 28.9. The molecule has 1 heterocycles. The largest absolute Gasteiger partial charge is 0.493 e. The van der Waals surface area contributed by atoms with E-state index < -0.39 is 11.9 Å². The van der Waals surface area contributed by atoms with Crippen LogP contribution in [0.4, 0.5) is 15.8 Å². The van der Waals surface area contributed by atoms with Crippen molar-refractivity contribution in [3.8, 4) is 11.5 Å². The van der Waals surface area contributed by atoms with Crippen LogP contribution in [0.25, 0.3) is 0 Å². The summed E-state index contributed by atoms with van der Waals surface area (Å²) in [7, 11) is 4.94. The zero-order valence-electron chi connectivity index (χ0n) is 27.1.